The second-order valence-electron chi connectivity index (χ2n) is 4.80. The summed E-state index contributed by atoms with van der Waals surface area (Å²) in [6.45, 7) is 5.75. The van der Waals surface area contributed by atoms with Crippen molar-refractivity contribution < 1.29 is 13.0 Å². The van der Waals surface area contributed by atoms with Gasteiger partial charge >= 0.3 is 0 Å². The van der Waals surface area contributed by atoms with E-state index in [0.29, 0.717) is 6.04 Å². The van der Waals surface area contributed by atoms with E-state index in [1.54, 1.807) is 6.55 Å². The maximum absolute atomic E-state index is 11.3. The summed E-state index contributed by atoms with van der Waals surface area (Å²) in [7, 11) is -6.33. The highest BCUT2D eigenvalue weighted by Gasteiger charge is 2.54. The molecule has 3 nitrogen and oxygen atoms in total. The van der Waals surface area contributed by atoms with Crippen molar-refractivity contribution in [3.8, 4) is 0 Å². The van der Waals surface area contributed by atoms with Gasteiger partial charge in [0.2, 0.25) is 16.8 Å². The Morgan fingerprint density at radius 2 is 1.79 bits per heavy atom. The Hall–Kier alpha value is 0.417. The van der Waals surface area contributed by atoms with Crippen LogP contribution >= 0.6 is 12.4 Å². The lowest BCUT2D eigenvalue weighted by Gasteiger charge is -2.42. The molecule has 1 N–H and O–H groups in total. The van der Waals surface area contributed by atoms with Crippen molar-refractivity contribution >= 4 is 29.2 Å². The molecular weight excluding hydrogens is 240 g/mol. The number of halogens is 1. The molecule has 0 aliphatic carbocycles. The third kappa shape index (κ3) is 2.15. The van der Waals surface area contributed by atoms with Gasteiger partial charge in [0.1, 0.15) is 0 Å². The summed E-state index contributed by atoms with van der Waals surface area (Å²) in [5.41, 5.74) is 0. The van der Waals surface area contributed by atoms with Crippen molar-refractivity contribution in [2.75, 3.05) is 0 Å². The summed E-state index contributed by atoms with van der Waals surface area (Å²) in [6, 6.07) is 0.707. The molecule has 1 fully saturated rings. The molecule has 0 spiro atoms. The Morgan fingerprint density at radius 1 is 1.29 bits per heavy atom. The van der Waals surface area contributed by atoms with Crippen LogP contribution in [0.1, 0.15) is 33.1 Å². The molecule has 1 heterocycles. The Kier molecular flexibility index (Phi) is 4.24. The zero-order chi connectivity index (χ0) is 10.3. The van der Waals surface area contributed by atoms with Gasteiger partial charge in [0.15, 0.2) is 0 Å². The van der Waals surface area contributed by atoms with E-state index in [-0.39, 0.29) is 17.4 Å². The van der Waals surface area contributed by atoms with Crippen LogP contribution in [-0.4, -0.2) is 20.2 Å². The molecule has 0 radical (unpaired) electrons. The minimum Gasteiger partial charge on any atom is -0.291 e. The van der Waals surface area contributed by atoms with Gasteiger partial charge in [-0.25, -0.2) is 8.42 Å². The van der Waals surface area contributed by atoms with Crippen LogP contribution in [0.4, 0.5) is 0 Å². The molecule has 1 unspecified atom stereocenters. The monoisotopic (exact) mass is 258 g/mol. The van der Waals surface area contributed by atoms with E-state index in [9.17, 15) is 13.0 Å². The maximum Gasteiger partial charge on any atom is 0.232 e. The van der Waals surface area contributed by atoms with Crippen LogP contribution in [0.25, 0.3) is 0 Å². The van der Waals surface area contributed by atoms with E-state index in [1.165, 1.54) is 0 Å². The predicted octanol–water partition coefficient (Wildman–Crippen LogP) is 2.84. The minimum atomic E-state index is -3.79. The van der Waals surface area contributed by atoms with Gasteiger partial charge < -0.3 is 0 Å². The molecular formula is C8H19ClO3SSi. The summed E-state index contributed by atoms with van der Waals surface area (Å²) in [5.74, 6) is 0. The van der Waals surface area contributed by atoms with Crippen molar-refractivity contribution in [3.63, 3.8) is 0 Å². The maximum atomic E-state index is 11.3. The van der Waals surface area contributed by atoms with Crippen LogP contribution in [0.15, 0.2) is 0 Å². The van der Waals surface area contributed by atoms with Crippen molar-refractivity contribution in [2.45, 2.75) is 50.7 Å². The molecule has 0 saturated carbocycles. The van der Waals surface area contributed by atoms with Crippen LogP contribution in [0.2, 0.25) is 17.6 Å². The van der Waals surface area contributed by atoms with E-state index in [0.717, 1.165) is 19.3 Å². The Balaban J connectivity index is 0.00000169. The molecule has 14 heavy (non-hydrogen) atoms. The molecule has 1 rings (SSSR count). The zero-order valence-corrected chi connectivity index (χ0v) is 11.5. The molecule has 1 saturated heterocycles. The molecule has 1 aliphatic rings. The average Bonchev–Trinajstić information content (AvgIpc) is 1.93. The van der Waals surface area contributed by atoms with Crippen molar-refractivity contribution in [3.05, 3.63) is 0 Å². The number of hydrogen-bond acceptors (Lipinski definition) is 2. The quantitative estimate of drug-likeness (QED) is 0.581. The van der Waals surface area contributed by atoms with Gasteiger partial charge in [-0.1, -0.05) is 33.2 Å². The molecule has 0 aromatic carbocycles. The lowest BCUT2D eigenvalue weighted by Crippen LogP contribution is -2.51. The zero-order valence-electron chi connectivity index (χ0n) is 8.91. The topological polar surface area (TPSA) is 54.4 Å². The highest BCUT2D eigenvalue weighted by molar-refractivity contribution is 8.18. The lowest BCUT2D eigenvalue weighted by atomic mass is 10.1. The number of hydrogen-bond donors (Lipinski definition) is 1. The normalized spacial score (nSPS) is 32.0. The van der Waals surface area contributed by atoms with Crippen molar-refractivity contribution in [1.29, 1.82) is 0 Å². The SMILES string of the molecule is CC1(C)CCCC[Si]1(C)S(=O)(=O)O.Cl. The second-order valence-corrected chi connectivity index (χ2v) is 14.3. The van der Waals surface area contributed by atoms with Gasteiger partial charge in [0.25, 0.3) is 0 Å². The second kappa shape index (κ2) is 4.12. The summed E-state index contributed by atoms with van der Waals surface area (Å²) < 4.78 is 32.0. The lowest BCUT2D eigenvalue weighted by molar-refractivity contribution is 0.475. The first kappa shape index (κ1) is 14.4. The Labute approximate surface area is 93.1 Å². The summed E-state index contributed by atoms with van der Waals surface area (Å²) >= 11 is 0. The molecule has 86 valence electrons. The van der Waals surface area contributed by atoms with E-state index in [4.69, 9.17) is 0 Å². The highest BCUT2D eigenvalue weighted by Crippen LogP contribution is 2.50. The summed E-state index contributed by atoms with van der Waals surface area (Å²) in [5, 5.41) is -0.182. The minimum absolute atomic E-state index is 0. The van der Waals surface area contributed by atoms with Crippen molar-refractivity contribution in [2.24, 2.45) is 0 Å². The van der Waals surface area contributed by atoms with Gasteiger partial charge in [-0.15, -0.1) is 12.4 Å². The van der Waals surface area contributed by atoms with Gasteiger partial charge in [0, 0.05) is 0 Å². The summed E-state index contributed by atoms with van der Waals surface area (Å²) in [4.78, 5) is 0. The first-order valence-electron chi connectivity index (χ1n) is 4.68. The van der Waals surface area contributed by atoms with Gasteiger partial charge in [0.05, 0.1) is 0 Å². The smallest absolute Gasteiger partial charge is 0.232 e. The first-order valence-corrected chi connectivity index (χ1v) is 9.55. The van der Waals surface area contributed by atoms with Gasteiger partial charge in [-0.2, -0.15) is 0 Å². The highest BCUT2D eigenvalue weighted by atomic mass is 35.5. The third-order valence-corrected chi connectivity index (χ3v) is 15.0. The van der Waals surface area contributed by atoms with E-state index in [1.807, 2.05) is 13.8 Å². The molecule has 1 aliphatic heterocycles. The molecule has 0 amide bonds. The van der Waals surface area contributed by atoms with Crippen LogP contribution in [0.3, 0.4) is 0 Å². The molecule has 0 aromatic rings. The van der Waals surface area contributed by atoms with Crippen molar-refractivity contribution in [1.82, 2.24) is 0 Å². The standard InChI is InChI=1S/C8H18O3SSi.ClH/c1-8(2)6-4-5-7-13(8,3)12(9,10)11;/h4-7H2,1-3H3,(H,9,10,11);1H. The van der Waals surface area contributed by atoms with Crippen LogP contribution < -0.4 is 0 Å². The van der Waals surface area contributed by atoms with Crippen LogP contribution in [0, 0.1) is 0 Å². The molecule has 1 atom stereocenters. The Morgan fingerprint density at radius 3 is 2.07 bits per heavy atom. The van der Waals surface area contributed by atoms with Crippen LogP contribution in [-0.2, 0) is 9.57 Å². The Bertz CT molecular complexity index is 302. The molecule has 0 bridgehead atoms. The summed E-state index contributed by atoms with van der Waals surface area (Å²) in [6.07, 6.45) is 2.96. The van der Waals surface area contributed by atoms with Gasteiger partial charge in [-0.3, -0.25) is 4.55 Å². The fourth-order valence-corrected chi connectivity index (χ4v) is 8.98. The average molecular weight is 259 g/mol. The molecule has 0 aromatic heterocycles. The largest absolute Gasteiger partial charge is 0.291 e. The fourth-order valence-electron chi connectivity index (χ4n) is 2.11. The fraction of sp³-hybridized carbons (Fsp3) is 1.00. The van der Waals surface area contributed by atoms with E-state index < -0.39 is 16.8 Å². The van der Waals surface area contributed by atoms with Crippen LogP contribution in [0.5, 0.6) is 0 Å². The third-order valence-electron chi connectivity index (χ3n) is 3.71. The van der Waals surface area contributed by atoms with E-state index >= 15 is 0 Å². The number of rotatable bonds is 1. The molecule has 6 heteroatoms. The predicted molar refractivity (Wildman–Crippen MR) is 63.1 cm³/mol. The van der Waals surface area contributed by atoms with E-state index in [2.05, 4.69) is 0 Å². The van der Waals surface area contributed by atoms with Gasteiger partial charge in [-0.05, 0) is 17.5 Å². The first-order chi connectivity index (χ1) is 5.71.